The maximum absolute atomic E-state index is 12.8. The Balaban J connectivity index is 1.64. The number of nitrogens with one attached hydrogen (secondary N) is 1. The van der Waals surface area contributed by atoms with Gasteiger partial charge in [-0.2, -0.15) is 17.7 Å². The number of carbonyl (C=O) groups excluding carboxylic acids is 2. The summed E-state index contributed by atoms with van der Waals surface area (Å²) < 4.78 is 44.3. The highest BCUT2D eigenvalue weighted by atomic mass is 19.4. The van der Waals surface area contributed by atoms with Crippen LogP contribution < -0.4 is 5.32 Å². The number of benzene rings is 1. The average molecular weight is 366 g/mol. The van der Waals surface area contributed by atoms with E-state index in [4.69, 9.17) is 4.74 Å². The molecular weight excluding hydrogens is 351 g/mol. The molecule has 0 bridgehead atoms. The zero-order chi connectivity index (χ0) is 18.7. The molecule has 1 atom stereocenters. The number of allylic oxidation sites excluding steroid dienone is 1. The van der Waals surface area contributed by atoms with Gasteiger partial charge >= 0.3 is 24.0 Å². The van der Waals surface area contributed by atoms with Crippen LogP contribution in [0, 0.1) is 0 Å². The summed E-state index contributed by atoms with van der Waals surface area (Å²) in [6, 6.07) is 7.85. The van der Waals surface area contributed by atoms with Gasteiger partial charge in [0, 0.05) is 0 Å². The number of hydrogen-bond acceptors (Lipinski definition) is 4. The first-order chi connectivity index (χ1) is 12.3. The number of amides is 2. The third kappa shape index (κ3) is 3.98. The SMILES string of the molecule is O=C(NC1CN=C2CC=C(C(F)(F)F)C=[N+]2C1=O)OCc1ccccc1. The maximum atomic E-state index is 12.8. The highest BCUT2D eigenvalue weighted by Crippen LogP contribution is 2.26. The van der Waals surface area contributed by atoms with E-state index in [0.29, 0.717) is 6.21 Å². The Morgan fingerprint density at radius 3 is 2.73 bits per heavy atom. The lowest BCUT2D eigenvalue weighted by atomic mass is 10.1. The van der Waals surface area contributed by atoms with Crippen molar-refractivity contribution in [1.29, 1.82) is 0 Å². The van der Waals surface area contributed by atoms with Crippen LogP contribution >= 0.6 is 0 Å². The fourth-order valence-electron chi connectivity index (χ4n) is 2.54. The molecule has 3 rings (SSSR count). The lowest BCUT2D eigenvalue weighted by Crippen LogP contribution is -2.52. The highest BCUT2D eigenvalue weighted by Gasteiger charge is 2.43. The number of carbonyl (C=O) groups is 2. The Hall–Kier alpha value is -2.97. The van der Waals surface area contributed by atoms with Gasteiger partial charge in [-0.1, -0.05) is 41.4 Å². The number of aliphatic imine (C=N–C) groups is 1. The summed E-state index contributed by atoms with van der Waals surface area (Å²) in [5.41, 5.74) is -0.153. The number of ether oxygens (including phenoxy) is 1. The fourth-order valence-corrected chi connectivity index (χ4v) is 2.54. The van der Waals surface area contributed by atoms with Gasteiger partial charge in [-0.15, -0.1) is 0 Å². The van der Waals surface area contributed by atoms with Crippen LogP contribution in [0.3, 0.4) is 0 Å². The first-order valence-electron chi connectivity index (χ1n) is 7.80. The summed E-state index contributed by atoms with van der Waals surface area (Å²) in [4.78, 5) is 28.3. The zero-order valence-electron chi connectivity index (χ0n) is 13.5. The van der Waals surface area contributed by atoms with Crippen LogP contribution in [0.5, 0.6) is 0 Å². The van der Waals surface area contributed by atoms with Crippen LogP contribution in [-0.2, 0) is 16.1 Å². The summed E-state index contributed by atoms with van der Waals surface area (Å²) in [6.45, 7) is -0.0347. The van der Waals surface area contributed by atoms with Crippen LogP contribution in [0.1, 0.15) is 12.0 Å². The van der Waals surface area contributed by atoms with E-state index in [-0.39, 0.29) is 25.4 Å². The molecule has 1 N–H and O–H groups in total. The van der Waals surface area contributed by atoms with Crippen LogP contribution in [0.25, 0.3) is 0 Å². The van der Waals surface area contributed by atoms with Crippen molar-refractivity contribution in [2.75, 3.05) is 6.54 Å². The van der Waals surface area contributed by atoms with E-state index in [1.54, 1.807) is 24.3 Å². The van der Waals surface area contributed by atoms with E-state index in [9.17, 15) is 22.8 Å². The van der Waals surface area contributed by atoms with Crippen molar-refractivity contribution in [3.63, 3.8) is 0 Å². The van der Waals surface area contributed by atoms with Gasteiger partial charge in [0.1, 0.15) is 12.8 Å². The summed E-state index contributed by atoms with van der Waals surface area (Å²) in [7, 11) is 0. The van der Waals surface area contributed by atoms with Gasteiger partial charge in [0.2, 0.25) is 0 Å². The third-order valence-electron chi connectivity index (χ3n) is 3.87. The van der Waals surface area contributed by atoms with Gasteiger partial charge in [0.15, 0.2) is 12.6 Å². The lowest BCUT2D eigenvalue weighted by Gasteiger charge is -2.20. The van der Waals surface area contributed by atoms with Gasteiger partial charge < -0.3 is 10.1 Å². The molecule has 1 aromatic carbocycles. The second-order valence-corrected chi connectivity index (χ2v) is 5.71. The maximum Gasteiger partial charge on any atom is 0.419 e. The van der Waals surface area contributed by atoms with Crippen molar-refractivity contribution in [3.05, 3.63) is 47.5 Å². The van der Waals surface area contributed by atoms with Crippen molar-refractivity contribution in [1.82, 2.24) is 5.32 Å². The molecule has 2 aliphatic rings. The molecule has 2 aliphatic heterocycles. The smallest absolute Gasteiger partial charge is 0.419 e. The van der Waals surface area contributed by atoms with Gasteiger partial charge in [-0.3, -0.25) is 0 Å². The quantitative estimate of drug-likeness (QED) is 0.834. The summed E-state index contributed by atoms with van der Waals surface area (Å²) >= 11 is 0. The number of alkyl carbamates (subject to hydrolysis) is 1. The predicted octanol–water partition coefficient (Wildman–Crippen LogP) is 2.20. The molecule has 0 aliphatic carbocycles. The molecule has 0 fully saturated rings. The fraction of sp³-hybridized carbons (Fsp3) is 0.294. The molecule has 0 aromatic heterocycles. The number of hydrogen-bond donors (Lipinski definition) is 1. The molecule has 26 heavy (non-hydrogen) atoms. The Labute approximate surface area is 146 Å². The number of fused-ring (bicyclic) bond motifs is 1. The molecule has 1 unspecified atom stereocenters. The number of amidine groups is 1. The molecule has 9 heteroatoms. The topological polar surface area (TPSA) is 70.8 Å². The van der Waals surface area contributed by atoms with Gasteiger partial charge in [-0.25, -0.2) is 9.59 Å². The van der Waals surface area contributed by atoms with E-state index >= 15 is 0 Å². The molecule has 2 heterocycles. The monoisotopic (exact) mass is 366 g/mol. The molecule has 0 saturated heterocycles. The largest absolute Gasteiger partial charge is 0.445 e. The standard InChI is InChI=1S/C17H14F3N3O3/c18-17(19,20)12-6-7-14-21-8-13(15(24)23(14)9-12)22-16(25)26-10-11-4-2-1-3-5-11/h1-6,9,13H,7-8,10H2/p+1. The second-order valence-electron chi connectivity index (χ2n) is 5.71. The molecule has 0 spiro atoms. The Bertz CT molecular complexity index is 814. The van der Waals surface area contributed by atoms with Crippen molar-refractivity contribution in [2.45, 2.75) is 25.2 Å². The number of alkyl halides is 3. The highest BCUT2D eigenvalue weighted by molar-refractivity contribution is 6.00. The van der Waals surface area contributed by atoms with Gasteiger partial charge in [-0.05, 0) is 5.56 Å². The summed E-state index contributed by atoms with van der Waals surface area (Å²) in [6.07, 6.45) is -3.81. The minimum absolute atomic E-state index is 0.0128. The zero-order valence-corrected chi connectivity index (χ0v) is 13.5. The number of rotatable bonds is 3. The first kappa shape index (κ1) is 17.8. The minimum atomic E-state index is -4.55. The third-order valence-corrected chi connectivity index (χ3v) is 3.87. The molecule has 136 valence electrons. The Kier molecular flexibility index (Phi) is 4.88. The summed E-state index contributed by atoms with van der Waals surface area (Å²) in [5, 5.41) is 2.35. The van der Waals surface area contributed by atoms with E-state index in [1.807, 2.05) is 6.07 Å². The van der Waals surface area contributed by atoms with Crippen LogP contribution in [0.2, 0.25) is 0 Å². The Morgan fingerprint density at radius 2 is 2.04 bits per heavy atom. The molecule has 0 saturated carbocycles. The van der Waals surface area contributed by atoms with E-state index in [2.05, 4.69) is 10.3 Å². The van der Waals surface area contributed by atoms with E-state index < -0.39 is 29.8 Å². The second kappa shape index (κ2) is 7.11. The molecule has 1 aromatic rings. The average Bonchev–Trinajstić information content (AvgIpc) is 2.62. The van der Waals surface area contributed by atoms with Gasteiger partial charge in [0.05, 0.1) is 12.0 Å². The normalized spacial score (nSPS) is 19.7. The molecular formula is C17H15F3N3O3+. The lowest BCUT2D eigenvalue weighted by molar-refractivity contribution is -0.344. The first-order valence-corrected chi connectivity index (χ1v) is 7.80. The van der Waals surface area contributed by atoms with E-state index in [1.165, 1.54) is 0 Å². The van der Waals surface area contributed by atoms with Crippen molar-refractivity contribution < 1.29 is 32.1 Å². The van der Waals surface area contributed by atoms with Gasteiger partial charge in [0.25, 0.3) is 0 Å². The summed E-state index contributed by atoms with van der Waals surface area (Å²) in [5.74, 6) is -0.458. The minimum Gasteiger partial charge on any atom is -0.445 e. The number of halogens is 3. The Morgan fingerprint density at radius 1 is 1.31 bits per heavy atom. The van der Waals surface area contributed by atoms with Crippen molar-refractivity contribution in [2.24, 2.45) is 4.99 Å². The molecule has 2 amide bonds. The van der Waals surface area contributed by atoms with E-state index in [0.717, 1.165) is 16.2 Å². The van der Waals surface area contributed by atoms with Crippen molar-refractivity contribution >= 4 is 24.1 Å². The van der Waals surface area contributed by atoms with Crippen molar-refractivity contribution in [3.8, 4) is 0 Å². The van der Waals surface area contributed by atoms with Crippen LogP contribution in [-0.4, -0.2) is 47.4 Å². The molecule has 6 nitrogen and oxygen atoms in total. The van der Waals surface area contributed by atoms with Crippen LogP contribution in [0.15, 0.2) is 47.0 Å². The predicted molar refractivity (Wildman–Crippen MR) is 85.9 cm³/mol. The van der Waals surface area contributed by atoms with Crippen LogP contribution in [0.4, 0.5) is 18.0 Å². The molecule has 0 radical (unpaired) electrons. The number of nitrogens with zero attached hydrogens (tertiary/aromatic N) is 2.